The van der Waals surface area contributed by atoms with Crippen LogP contribution in [0.1, 0.15) is 58.9 Å². The summed E-state index contributed by atoms with van der Waals surface area (Å²) in [6, 6.07) is 11.1. The van der Waals surface area contributed by atoms with Crippen LogP contribution in [0.2, 0.25) is 0 Å². The summed E-state index contributed by atoms with van der Waals surface area (Å²) in [6.45, 7) is 1.91. The van der Waals surface area contributed by atoms with Crippen LogP contribution in [0.4, 0.5) is 36.3 Å². The van der Waals surface area contributed by atoms with Crippen molar-refractivity contribution in [2.45, 2.75) is 50.2 Å². The number of para-hydroxylation sites is 1. The van der Waals surface area contributed by atoms with Gasteiger partial charge in [-0.2, -0.15) is 18.2 Å². The molecule has 7 nitrogen and oxygen atoms in total. The molecule has 10 heteroatoms. The van der Waals surface area contributed by atoms with Gasteiger partial charge in [-0.1, -0.05) is 18.2 Å². The smallest absolute Gasteiger partial charge is 0.421 e. The van der Waals surface area contributed by atoms with E-state index in [-0.39, 0.29) is 24.7 Å². The third kappa shape index (κ3) is 4.69. The number of rotatable bonds is 6. The quantitative estimate of drug-likeness (QED) is 0.422. The molecule has 2 aliphatic heterocycles. The largest absolute Gasteiger partial charge is 0.481 e. The number of carboxylic acids is 1. The molecule has 2 N–H and O–H groups in total. The van der Waals surface area contributed by atoms with E-state index in [2.05, 4.69) is 33.3 Å². The molecule has 0 spiro atoms. The molecular formula is C28H28F3N5O2. The normalized spacial score (nSPS) is 19.3. The molecule has 0 radical (unpaired) electrons. The van der Waals surface area contributed by atoms with E-state index >= 15 is 0 Å². The van der Waals surface area contributed by atoms with Gasteiger partial charge >= 0.3 is 12.1 Å². The van der Waals surface area contributed by atoms with Gasteiger partial charge < -0.3 is 20.2 Å². The molecule has 1 atom stereocenters. The van der Waals surface area contributed by atoms with Crippen molar-refractivity contribution in [3.05, 3.63) is 70.4 Å². The summed E-state index contributed by atoms with van der Waals surface area (Å²) in [5, 5.41) is 12.6. The van der Waals surface area contributed by atoms with Gasteiger partial charge in [0.1, 0.15) is 5.56 Å². The maximum absolute atomic E-state index is 14.1. The standard InChI is InChI=1S/C28H28F3N5O2/c1-35-9-8-20-17(14-35)10-19(12-22(20)16-6-7-16)33-27-32-13-23(28(29,30)31)26(34-27)36-15-18(11-25(37)38)21-4-2-3-5-24(21)36/h2-5,10,12-13,16,18H,6-9,11,14-15H2,1H3,(H,37,38)(H,32,33,34). The average Bonchev–Trinajstić information content (AvgIpc) is 3.65. The number of benzene rings is 2. The van der Waals surface area contributed by atoms with Crippen molar-refractivity contribution in [3.63, 3.8) is 0 Å². The first-order valence-electron chi connectivity index (χ1n) is 12.8. The van der Waals surface area contributed by atoms with Crippen LogP contribution in [0.25, 0.3) is 0 Å². The van der Waals surface area contributed by atoms with Crippen molar-refractivity contribution in [3.8, 4) is 0 Å². The van der Waals surface area contributed by atoms with Crippen LogP contribution in [-0.2, 0) is 23.9 Å². The second-order valence-electron chi connectivity index (χ2n) is 10.5. The highest BCUT2D eigenvalue weighted by Gasteiger charge is 2.40. The highest BCUT2D eigenvalue weighted by Crippen LogP contribution is 2.47. The van der Waals surface area contributed by atoms with E-state index in [1.807, 2.05) is 6.07 Å². The number of carbonyl (C=O) groups is 1. The number of anilines is 4. The zero-order valence-corrected chi connectivity index (χ0v) is 20.9. The van der Waals surface area contributed by atoms with E-state index in [4.69, 9.17) is 0 Å². The summed E-state index contributed by atoms with van der Waals surface area (Å²) in [5.74, 6) is -1.13. The first-order chi connectivity index (χ1) is 18.2. The van der Waals surface area contributed by atoms with Gasteiger partial charge in [0.2, 0.25) is 5.95 Å². The Morgan fingerprint density at radius 1 is 1.18 bits per heavy atom. The molecule has 1 unspecified atom stereocenters. The lowest BCUT2D eigenvalue weighted by molar-refractivity contribution is -0.138. The minimum atomic E-state index is -4.68. The van der Waals surface area contributed by atoms with Crippen molar-refractivity contribution in [1.82, 2.24) is 14.9 Å². The second kappa shape index (κ2) is 9.27. The fraction of sp³-hybridized carbons (Fsp3) is 0.393. The maximum Gasteiger partial charge on any atom is 0.421 e. The molecule has 1 saturated carbocycles. The number of fused-ring (bicyclic) bond motifs is 2. The number of alkyl halides is 3. The van der Waals surface area contributed by atoms with Gasteiger partial charge in [0.25, 0.3) is 0 Å². The molecule has 3 aromatic rings. The Balaban J connectivity index is 1.39. The Bertz CT molecular complexity index is 1410. The van der Waals surface area contributed by atoms with Crippen LogP contribution < -0.4 is 10.2 Å². The summed E-state index contributed by atoms with van der Waals surface area (Å²) in [4.78, 5) is 23.6. The summed E-state index contributed by atoms with van der Waals surface area (Å²) < 4.78 is 42.3. The zero-order valence-electron chi connectivity index (χ0n) is 20.9. The highest BCUT2D eigenvalue weighted by molar-refractivity contribution is 5.76. The van der Waals surface area contributed by atoms with Gasteiger partial charge in [0, 0.05) is 43.1 Å². The molecule has 0 saturated heterocycles. The van der Waals surface area contributed by atoms with Crippen LogP contribution in [-0.4, -0.2) is 46.1 Å². The Hall–Kier alpha value is -3.66. The number of carboxylic acid groups (broad SMARTS) is 1. The zero-order chi connectivity index (χ0) is 26.6. The van der Waals surface area contributed by atoms with E-state index in [1.165, 1.54) is 21.6 Å². The van der Waals surface area contributed by atoms with E-state index < -0.39 is 23.6 Å². The van der Waals surface area contributed by atoms with Crippen molar-refractivity contribution < 1.29 is 23.1 Å². The van der Waals surface area contributed by atoms with Crippen LogP contribution in [0, 0.1) is 0 Å². The fourth-order valence-corrected chi connectivity index (χ4v) is 5.76. The molecule has 3 aliphatic rings. The van der Waals surface area contributed by atoms with Gasteiger partial charge in [-0.05, 0) is 72.7 Å². The monoisotopic (exact) mass is 523 g/mol. The van der Waals surface area contributed by atoms with Crippen molar-refractivity contribution in [1.29, 1.82) is 0 Å². The number of aromatic nitrogens is 2. The van der Waals surface area contributed by atoms with Gasteiger partial charge in [-0.25, -0.2) is 4.98 Å². The lowest BCUT2D eigenvalue weighted by Gasteiger charge is -2.28. The Kier molecular flexibility index (Phi) is 6.02. The molecule has 3 heterocycles. The number of nitrogens with zero attached hydrogens (tertiary/aromatic N) is 4. The summed E-state index contributed by atoms with van der Waals surface area (Å²) in [6.07, 6.45) is -0.755. The highest BCUT2D eigenvalue weighted by atomic mass is 19.4. The van der Waals surface area contributed by atoms with Gasteiger partial charge in [-0.15, -0.1) is 0 Å². The molecular weight excluding hydrogens is 495 g/mol. The van der Waals surface area contributed by atoms with Crippen LogP contribution >= 0.6 is 0 Å². The molecule has 0 amide bonds. The molecule has 0 bridgehead atoms. The van der Waals surface area contributed by atoms with E-state index in [0.717, 1.165) is 44.2 Å². The van der Waals surface area contributed by atoms with Gasteiger partial charge in [0.15, 0.2) is 5.82 Å². The minimum Gasteiger partial charge on any atom is -0.481 e. The molecule has 1 aliphatic carbocycles. The molecule has 1 aromatic heterocycles. The molecule has 1 fully saturated rings. The van der Waals surface area contributed by atoms with Crippen LogP contribution in [0.3, 0.4) is 0 Å². The number of nitrogens with one attached hydrogen (secondary N) is 1. The van der Waals surface area contributed by atoms with E-state index in [1.54, 1.807) is 24.3 Å². The first kappa shape index (κ1) is 24.7. The van der Waals surface area contributed by atoms with Gasteiger partial charge in [0.05, 0.1) is 6.42 Å². The predicted molar refractivity (Wildman–Crippen MR) is 137 cm³/mol. The van der Waals surface area contributed by atoms with Crippen molar-refractivity contribution in [2.24, 2.45) is 0 Å². The first-order valence-corrected chi connectivity index (χ1v) is 12.8. The summed E-state index contributed by atoms with van der Waals surface area (Å²) >= 11 is 0. The lowest BCUT2D eigenvalue weighted by Crippen LogP contribution is -2.27. The number of likely N-dealkylation sites (N-methyl/N-ethyl adjacent to an activating group) is 1. The van der Waals surface area contributed by atoms with Crippen molar-refractivity contribution >= 4 is 29.1 Å². The Morgan fingerprint density at radius 2 is 1.97 bits per heavy atom. The van der Waals surface area contributed by atoms with E-state index in [9.17, 15) is 23.1 Å². The Labute approximate surface area is 218 Å². The third-order valence-electron chi connectivity index (χ3n) is 7.65. The number of aliphatic carboxylic acids is 1. The van der Waals surface area contributed by atoms with Crippen LogP contribution in [0.5, 0.6) is 0 Å². The summed E-state index contributed by atoms with van der Waals surface area (Å²) in [7, 11) is 2.08. The number of hydrogen-bond acceptors (Lipinski definition) is 6. The fourth-order valence-electron chi connectivity index (χ4n) is 5.76. The minimum absolute atomic E-state index is 0.0676. The number of hydrogen-bond donors (Lipinski definition) is 2. The average molecular weight is 524 g/mol. The van der Waals surface area contributed by atoms with Gasteiger partial charge in [-0.3, -0.25) is 4.79 Å². The molecule has 38 heavy (non-hydrogen) atoms. The summed E-state index contributed by atoms with van der Waals surface area (Å²) in [5.41, 5.74) is 4.96. The maximum atomic E-state index is 14.1. The molecule has 2 aromatic carbocycles. The van der Waals surface area contributed by atoms with Crippen LogP contribution in [0.15, 0.2) is 42.6 Å². The lowest BCUT2D eigenvalue weighted by atomic mass is 9.91. The second-order valence-corrected chi connectivity index (χ2v) is 10.5. The third-order valence-corrected chi connectivity index (χ3v) is 7.65. The van der Waals surface area contributed by atoms with E-state index in [0.29, 0.717) is 17.2 Å². The number of halogens is 3. The molecule has 198 valence electrons. The Morgan fingerprint density at radius 3 is 2.71 bits per heavy atom. The topological polar surface area (TPSA) is 81.6 Å². The SMILES string of the molecule is CN1CCc2c(cc(Nc3ncc(C(F)(F)F)c(N4CC(CC(=O)O)c5ccccc54)n3)cc2C2CC2)C1. The molecule has 6 rings (SSSR count). The van der Waals surface area contributed by atoms with Crippen molar-refractivity contribution in [2.75, 3.05) is 30.4 Å². The predicted octanol–water partition coefficient (Wildman–Crippen LogP) is 5.81.